The van der Waals surface area contributed by atoms with Crippen LogP contribution >= 0.6 is 0 Å². The van der Waals surface area contributed by atoms with Gasteiger partial charge in [-0.2, -0.15) is 8.42 Å². The van der Waals surface area contributed by atoms with E-state index in [0.29, 0.717) is 12.0 Å². The van der Waals surface area contributed by atoms with Crippen molar-refractivity contribution in [1.29, 1.82) is 0 Å². The molecular weight excluding hydrogens is 286 g/mol. The quantitative estimate of drug-likeness (QED) is 0.832. The Kier molecular flexibility index (Phi) is 7.57. The molecule has 1 aromatic rings. The lowest BCUT2D eigenvalue weighted by atomic mass is 9.90. The average molecular weight is 315 g/mol. The predicted octanol–water partition coefficient (Wildman–Crippen LogP) is 3.66. The van der Waals surface area contributed by atoms with Gasteiger partial charge in [-0.25, -0.2) is 0 Å². The van der Waals surface area contributed by atoms with Crippen molar-refractivity contribution in [1.82, 2.24) is 5.32 Å². The van der Waals surface area contributed by atoms with E-state index in [-0.39, 0.29) is 10.4 Å². The average Bonchev–Trinajstić information content (AvgIpc) is 2.27. The van der Waals surface area contributed by atoms with Gasteiger partial charge in [0.1, 0.15) is 0 Å². The van der Waals surface area contributed by atoms with Crippen LogP contribution in [-0.2, 0) is 10.1 Å². The summed E-state index contributed by atoms with van der Waals surface area (Å²) in [4.78, 5) is -0.0666. The molecule has 0 aromatic heterocycles. The van der Waals surface area contributed by atoms with E-state index in [0.717, 1.165) is 5.56 Å². The smallest absolute Gasteiger partial charge is 0.294 e. The first-order valence-electron chi connectivity index (χ1n) is 7.18. The lowest BCUT2D eigenvalue weighted by molar-refractivity contribution is 0.267. The molecule has 0 heterocycles. The van der Waals surface area contributed by atoms with Crippen LogP contribution in [0.15, 0.2) is 29.2 Å². The molecule has 122 valence electrons. The van der Waals surface area contributed by atoms with E-state index in [1.165, 1.54) is 12.1 Å². The molecule has 0 bridgehead atoms. The first-order valence-corrected chi connectivity index (χ1v) is 8.62. The summed E-state index contributed by atoms with van der Waals surface area (Å²) in [7, 11) is -4.02. The van der Waals surface area contributed by atoms with Crippen LogP contribution in [-0.4, -0.2) is 24.6 Å². The molecule has 1 rings (SSSR count). The molecule has 21 heavy (non-hydrogen) atoms. The van der Waals surface area contributed by atoms with Crippen molar-refractivity contribution in [2.24, 2.45) is 5.92 Å². The van der Waals surface area contributed by atoms with Crippen LogP contribution in [0.3, 0.4) is 0 Å². The SMILES string of the molecule is CC(C)NC(C)(C)C(C)C.Cc1ccc(S(=O)(=O)O)cc1. The molecule has 0 atom stereocenters. The number of benzene rings is 1. The summed E-state index contributed by atoms with van der Waals surface area (Å²) >= 11 is 0. The highest BCUT2D eigenvalue weighted by atomic mass is 32.2. The van der Waals surface area contributed by atoms with Crippen LogP contribution in [0.2, 0.25) is 0 Å². The van der Waals surface area contributed by atoms with Crippen LogP contribution in [0, 0.1) is 12.8 Å². The molecule has 0 amide bonds. The standard InChI is InChI=1S/C9H21N.C7H8O3S/c1-7(2)9(5,6)10-8(3)4;1-6-2-4-7(5-3-6)11(8,9)10/h7-8,10H,1-6H3;2-5H,1H3,(H,8,9,10). The minimum absolute atomic E-state index is 0.0666. The molecule has 1 aromatic carbocycles. The number of hydrogen-bond donors (Lipinski definition) is 2. The molecule has 4 nitrogen and oxygen atoms in total. The second kappa shape index (κ2) is 7.92. The Morgan fingerprint density at radius 1 is 1.05 bits per heavy atom. The van der Waals surface area contributed by atoms with E-state index in [2.05, 4.69) is 46.9 Å². The molecule has 0 aliphatic heterocycles. The van der Waals surface area contributed by atoms with Gasteiger partial charge in [0.25, 0.3) is 10.1 Å². The fraction of sp³-hybridized carbons (Fsp3) is 0.625. The van der Waals surface area contributed by atoms with E-state index in [1.54, 1.807) is 12.1 Å². The molecule has 0 saturated heterocycles. The topological polar surface area (TPSA) is 66.4 Å². The van der Waals surface area contributed by atoms with Crippen molar-refractivity contribution in [3.8, 4) is 0 Å². The summed E-state index contributed by atoms with van der Waals surface area (Å²) in [6, 6.07) is 6.57. The van der Waals surface area contributed by atoms with Crippen LogP contribution < -0.4 is 5.32 Å². The summed E-state index contributed by atoms with van der Waals surface area (Å²) in [6.07, 6.45) is 0. The zero-order valence-electron chi connectivity index (χ0n) is 14.1. The molecule has 2 N–H and O–H groups in total. The maximum atomic E-state index is 10.5. The van der Waals surface area contributed by atoms with Crippen molar-refractivity contribution in [3.05, 3.63) is 29.8 Å². The highest BCUT2D eigenvalue weighted by molar-refractivity contribution is 7.85. The van der Waals surface area contributed by atoms with Gasteiger partial charge in [0.2, 0.25) is 0 Å². The second-order valence-corrected chi connectivity index (χ2v) is 7.89. The fourth-order valence-electron chi connectivity index (χ4n) is 1.62. The van der Waals surface area contributed by atoms with Gasteiger partial charge in [0.15, 0.2) is 0 Å². The van der Waals surface area contributed by atoms with E-state index < -0.39 is 10.1 Å². The third-order valence-electron chi connectivity index (χ3n) is 3.42. The Hall–Kier alpha value is -0.910. The second-order valence-electron chi connectivity index (χ2n) is 6.46. The maximum absolute atomic E-state index is 10.5. The van der Waals surface area contributed by atoms with E-state index in [4.69, 9.17) is 4.55 Å². The molecule has 0 unspecified atom stereocenters. The van der Waals surface area contributed by atoms with E-state index in [9.17, 15) is 8.42 Å². The van der Waals surface area contributed by atoms with Crippen LogP contribution in [0.25, 0.3) is 0 Å². The summed E-state index contributed by atoms with van der Waals surface area (Å²) in [6.45, 7) is 15.2. The summed E-state index contributed by atoms with van der Waals surface area (Å²) in [5.41, 5.74) is 1.23. The van der Waals surface area contributed by atoms with Gasteiger partial charge < -0.3 is 5.32 Å². The molecule has 0 radical (unpaired) electrons. The highest BCUT2D eigenvalue weighted by Crippen LogP contribution is 2.15. The molecule has 0 spiro atoms. The normalized spacial score (nSPS) is 12.3. The summed E-state index contributed by atoms with van der Waals surface area (Å²) in [5, 5.41) is 3.52. The third-order valence-corrected chi connectivity index (χ3v) is 4.29. The zero-order chi connectivity index (χ0) is 16.8. The lowest BCUT2D eigenvalue weighted by Crippen LogP contribution is -2.47. The molecule has 0 aliphatic carbocycles. The van der Waals surface area contributed by atoms with Gasteiger partial charge in [-0.15, -0.1) is 0 Å². The molecule has 0 fully saturated rings. The van der Waals surface area contributed by atoms with Crippen molar-refractivity contribution in [2.45, 2.75) is 64.9 Å². The van der Waals surface area contributed by atoms with Gasteiger partial charge in [-0.3, -0.25) is 4.55 Å². The van der Waals surface area contributed by atoms with Crippen molar-refractivity contribution in [2.75, 3.05) is 0 Å². The number of nitrogens with one attached hydrogen (secondary N) is 1. The van der Waals surface area contributed by atoms with Crippen molar-refractivity contribution in [3.63, 3.8) is 0 Å². The zero-order valence-corrected chi connectivity index (χ0v) is 15.0. The van der Waals surface area contributed by atoms with Gasteiger partial charge in [-0.1, -0.05) is 45.4 Å². The highest BCUT2D eigenvalue weighted by Gasteiger charge is 2.21. The van der Waals surface area contributed by atoms with E-state index in [1.807, 2.05) is 6.92 Å². The Bertz CT molecular complexity index is 517. The molecule has 0 saturated carbocycles. The minimum atomic E-state index is -4.02. The van der Waals surface area contributed by atoms with Crippen molar-refractivity contribution >= 4 is 10.1 Å². The lowest BCUT2D eigenvalue weighted by Gasteiger charge is -2.32. The molecular formula is C16H29NO3S. The van der Waals surface area contributed by atoms with Gasteiger partial charge in [0, 0.05) is 11.6 Å². The number of aryl methyl sites for hydroxylation is 1. The Morgan fingerprint density at radius 2 is 1.48 bits per heavy atom. The van der Waals surface area contributed by atoms with Crippen LogP contribution in [0.5, 0.6) is 0 Å². The third kappa shape index (κ3) is 8.19. The van der Waals surface area contributed by atoms with Gasteiger partial charge >= 0.3 is 0 Å². The monoisotopic (exact) mass is 315 g/mol. The minimum Gasteiger partial charge on any atom is -0.309 e. The Morgan fingerprint density at radius 3 is 1.71 bits per heavy atom. The van der Waals surface area contributed by atoms with Crippen LogP contribution in [0.4, 0.5) is 0 Å². The predicted molar refractivity (Wildman–Crippen MR) is 88.2 cm³/mol. The first-order chi connectivity index (χ1) is 9.36. The van der Waals surface area contributed by atoms with Gasteiger partial charge in [-0.05, 0) is 38.8 Å². The largest absolute Gasteiger partial charge is 0.309 e. The van der Waals surface area contributed by atoms with Crippen molar-refractivity contribution < 1.29 is 13.0 Å². The fourth-order valence-corrected chi connectivity index (χ4v) is 2.10. The molecule has 5 heteroatoms. The Labute approximate surface area is 129 Å². The molecule has 0 aliphatic rings. The Balaban J connectivity index is 0.000000384. The van der Waals surface area contributed by atoms with Gasteiger partial charge in [0.05, 0.1) is 4.90 Å². The number of rotatable bonds is 4. The first kappa shape index (κ1) is 20.1. The van der Waals surface area contributed by atoms with Crippen LogP contribution in [0.1, 0.15) is 47.1 Å². The van der Waals surface area contributed by atoms with E-state index >= 15 is 0 Å². The summed E-state index contributed by atoms with van der Waals surface area (Å²) in [5.74, 6) is 0.690. The maximum Gasteiger partial charge on any atom is 0.294 e. The number of hydrogen-bond acceptors (Lipinski definition) is 3. The summed E-state index contributed by atoms with van der Waals surface area (Å²) < 4.78 is 29.6.